The Hall–Kier alpha value is -1.35. The number of anilines is 1. The van der Waals surface area contributed by atoms with Crippen LogP contribution in [-0.4, -0.2) is 38.5 Å². The fourth-order valence-electron chi connectivity index (χ4n) is 4.07. The van der Waals surface area contributed by atoms with Crippen LogP contribution in [0.3, 0.4) is 0 Å². The number of hydrogen-bond acceptors (Lipinski definition) is 2. The van der Waals surface area contributed by atoms with E-state index in [0.29, 0.717) is 0 Å². The van der Waals surface area contributed by atoms with Crippen molar-refractivity contribution in [3.05, 3.63) is 28.8 Å². The van der Waals surface area contributed by atoms with Gasteiger partial charge in [0.2, 0.25) is 0 Å². The number of carbonyl (C=O) groups excluding carboxylic acids is 1. The van der Waals surface area contributed by atoms with E-state index in [0.717, 1.165) is 36.5 Å². The number of aldehydes is 1. The molecule has 2 fully saturated rings. The number of nitrogens with one attached hydrogen (secondary N) is 1. The molecule has 1 aliphatic carbocycles. The number of piperazine rings is 1. The van der Waals surface area contributed by atoms with Crippen molar-refractivity contribution in [1.82, 2.24) is 0 Å². The number of aryl methyl sites for hydroxylation is 2. The van der Waals surface area contributed by atoms with E-state index >= 15 is 0 Å². The summed E-state index contributed by atoms with van der Waals surface area (Å²) in [6.07, 6.45) is 6.70. The summed E-state index contributed by atoms with van der Waals surface area (Å²) in [7, 11) is 0. The third-order valence-electron chi connectivity index (χ3n) is 5.39. The van der Waals surface area contributed by atoms with Crippen LogP contribution in [0.15, 0.2) is 12.1 Å². The molecule has 1 aromatic rings. The highest BCUT2D eigenvalue weighted by Gasteiger charge is 2.29. The highest BCUT2D eigenvalue weighted by Crippen LogP contribution is 2.24. The van der Waals surface area contributed by atoms with E-state index in [1.165, 1.54) is 50.0 Å². The minimum atomic E-state index is 0.825. The Bertz CT molecular complexity index is 512. The molecule has 1 saturated heterocycles. The monoisotopic (exact) mass is 287 g/mol. The van der Waals surface area contributed by atoms with Crippen molar-refractivity contribution in [2.24, 2.45) is 0 Å². The topological polar surface area (TPSA) is 24.8 Å². The van der Waals surface area contributed by atoms with Crippen molar-refractivity contribution >= 4 is 12.0 Å². The van der Waals surface area contributed by atoms with Gasteiger partial charge in [0.15, 0.2) is 0 Å². The second kappa shape index (κ2) is 6.18. The van der Waals surface area contributed by atoms with Gasteiger partial charge in [0, 0.05) is 11.3 Å². The molecule has 2 aliphatic rings. The van der Waals surface area contributed by atoms with Gasteiger partial charge in [-0.2, -0.15) is 0 Å². The Morgan fingerprint density at radius 3 is 2.38 bits per heavy atom. The normalized spacial score (nSPS) is 21.0. The Labute approximate surface area is 127 Å². The lowest BCUT2D eigenvalue weighted by molar-refractivity contribution is -0.925. The Kier molecular flexibility index (Phi) is 4.29. The van der Waals surface area contributed by atoms with Gasteiger partial charge in [0.1, 0.15) is 6.29 Å². The molecule has 1 N–H and O–H groups in total. The van der Waals surface area contributed by atoms with E-state index in [-0.39, 0.29) is 0 Å². The number of nitrogens with zero attached hydrogens (tertiary/aromatic N) is 1. The second-order valence-electron chi connectivity index (χ2n) is 6.74. The summed E-state index contributed by atoms with van der Waals surface area (Å²) in [6.45, 7) is 8.97. The predicted molar refractivity (Wildman–Crippen MR) is 86.5 cm³/mol. The fourth-order valence-corrected chi connectivity index (χ4v) is 4.07. The first kappa shape index (κ1) is 14.6. The van der Waals surface area contributed by atoms with Gasteiger partial charge in [-0.1, -0.05) is 0 Å². The molecule has 21 heavy (non-hydrogen) atoms. The molecule has 1 saturated carbocycles. The maximum atomic E-state index is 11.0. The molecular weight excluding hydrogens is 260 g/mol. The third kappa shape index (κ3) is 2.98. The Morgan fingerprint density at radius 1 is 1.10 bits per heavy atom. The average Bonchev–Trinajstić information content (AvgIpc) is 3.04. The van der Waals surface area contributed by atoms with Crippen molar-refractivity contribution in [3.8, 4) is 0 Å². The van der Waals surface area contributed by atoms with E-state index in [1.807, 2.05) is 17.9 Å². The van der Waals surface area contributed by atoms with E-state index in [4.69, 9.17) is 0 Å². The number of quaternary nitrogens is 1. The van der Waals surface area contributed by atoms with E-state index in [1.54, 1.807) is 0 Å². The molecule has 3 rings (SSSR count). The van der Waals surface area contributed by atoms with Gasteiger partial charge in [0.25, 0.3) is 0 Å². The number of carbonyl (C=O) groups is 1. The molecule has 0 bridgehead atoms. The lowest BCUT2D eigenvalue weighted by atomic mass is 10.0. The third-order valence-corrected chi connectivity index (χ3v) is 5.39. The largest absolute Gasteiger partial charge is 0.360 e. The van der Waals surface area contributed by atoms with Gasteiger partial charge in [-0.15, -0.1) is 0 Å². The zero-order chi connectivity index (χ0) is 14.8. The second-order valence-corrected chi connectivity index (χ2v) is 6.74. The van der Waals surface area contributed by atoms with E-state index < -0.39 is 0 Å². The first-order chi connectivity index (χ1) is 10.2. The summed E-state index contributed by atoms with van der Waals surface area (Å²) >= 11 is 0. The van der Waals surface area contributed by atoms with Crippen LogP contribution in [0.4, 0.5) is 5.69 Å². The Balaban J connectivity index is 1.69. The van der Waals surface area contributed by atoms with Crippen LogP contribution in [0.25, 0.3) is 0 Å². The summed E-state index contributed by atoms with van der Waals surface area (Å²) in [5.74, 6) is 0. The minimum absolute atomic E-state index is 0.825. The van der Waals surface area contributed by atoms with Crippen molar-refractivity contribution in [3.63, 3.8) is 0 Å². The van der Waals surface area contributed by atoms with Crippen molar-refractivity contribution in [2.45, 2.75) is 45.6 Å². The van der Waals surface area contributed by atoms with Crippen LogP contribution in [0.1, 0.15) is 47.2 Å². The molecule has 0 unspecified atom stereocenters. The Morgan fingerprint density at radius 2 is 1.76 bits per heavy atom. The molecule has 0 atom stereocenters. The van der Waals surface area contributed by atoms with Gasteiger partial charge in [-0.25, -0.2) is 0 Å². The molecule has 1 heterocycles. The quantitative estimate of drug-likeness (QED) is 0.857. The molecule has 114 valence electrons. The van der Waals surface area contributed by atoms with Crippen LogP contribution in [0, 0.1) is 13.8 Å². The maximum Gasteiger partial charge on any atom is 0.150 e. The molecular formula is C18H27N2O+. The smallest absolute Gasteiger partial charge is 0.150 e. The molecule has 3 heteroatoms. The molecule has 1 aromatic carbocycles. The van der Waals surface area contributed by atoms with Crippen LogP contribution in [-0.2, 0) is 0 Å². The van der Waals surface area contributed by atoms with Gasteiger partial charge < -0.3 is 9.80 Å². The SMILES string of the molecule is Cc1cc(N2CC[NH+](C3CCCC3)CC2)c(C)cc1C=O. The van der Waals surface area contributed by atoms with Crippen LogP contribution >= 0.6 is 0 Å². The van der Waals surface area contributed by atoms with Crippen LogP contribution < -0.4 is 9.80 Å². The summed E-state index contributed by atoms with van der Waals surface area (Å²) in [6, 6.07) is 5.15. The lowest BCUT2D eigenvalue weighted by Gasteiger charge is -2.37. The molecule has 0 aromatic heterocycles. The molecule has 0 amide bonds. The molecule has 1 aliphatic heterocycles. The summed E-state index contributed by atoms with van der Waals surface area (Å²) in [5.41, 5.74) is 4.47. The first-order valence-electron chi connectivity index (χ1n) is 8.35. The minimum Gasteiger partial charge on any atom is -0.360 e. The first-order valence-corrected chi connectivity index (χ1v) is 8.35. The van der Waals surface area contributed by atoms with Crippen molar-refractivity contribution in [1.29, 1.82) is 0 Å². The maximum absolute atomic E-state index is 11.0. The molecule has 0 radical (unpaired) electrons. The predicted octanol–water partition coefficient (Wildman–Crippen LogP) is 1.76. The molecule has 3 nitrogen and oxygen atoms in total. The van der Waals surface area contributed by atoms with Crippen LogP contribution in [0.5, 0.6) is 0 Å². The van der Waals surface area contributed by atoms with E-state index in [9.17, 15) is 4.79 Å². The van der Waals surface area contributed by atoms with Gasteiger partial charge in [-0.05, 0) is 62.8 Å². The summed E-state index contributed by atoms with van der Waals surface area (Å²) in [4.78, 5) is 15.4. The number of benzene rings is 1. The number of hydrogen-bond donors (Lipinski definition) is 1. The number of rotatable bonds is 3. The van der Waals surface area contributed by atoms with Crippen molar-refractivity contribution < 1.29 is 9.69 Å². The van der Waals surface area contributed by atoms with Gasteiger partial charge in [-0.3, -0.25) is 4.79 Å². The van der Waals surface area contributed by atoms with Gasteiger partial charge >= 0.3 is 0 Å². The summed E-state index contributed by atoms with van der Waals surface area (Å²) < 4.78 is 0. The highest BCUT2D eigenvalue weighted by molar-refractivity contribution is 5.79. The van der Waals surface area contributed by atoms with Crippen molar-refractivity contribution in [2.75, 3.05) is 31.1 Å². The lowest BCUT2D eigenvalue weighted by Crippen LogP contribution is -3.18. The average molecular weight is 287 g/mol. The highest BCUT2D eigenvalue weighted by atomic mass is 16.1. The van der Waals surface area contributed by atoms with Gasteiger partial charge in [0.05, 0.1) is 32.2 Å². The molecule has 0 spiro atoms. The zero-order valence-electron chi connectivity index (χ0n) is 13.3. The standard InChI is InChI=1S/C18H26N2O/c1-14-12-18(15(2)11-16(14)13-21)20-9-7-19(8-10-20)17-5-3-4-6-17/h11-13,17H,3-10H2,1-2H3/p+1. The zero-order valence-corrected chi connectivity index (χ0v) is 13.3. The summed E-state index contributed by atoms with van der Waals surface area (Å²) in [5, 5.41) is 0. The fraction of sp³-hybridized carbons (Fsp3) is 0.611. The van der Waals surface area contributed by atoms with E-state index in [2.05, 4.69) is 17.9 Å². The van der Waals surface area contributed by atoms with Crippen LogP contribution in [0.2, 0.25) is 0 Å².